The Morgan fingerprint density at radius 1 is 1.42 bits per heavy atom. The highest BCUT2D eigenvalue weighted by Gasteiger charge is 2.28. The van der Waals surface area contributed by atoms with Crippen molar-refractivity contribution in [2.45, 2.75) is 25.3 Å². The topological polar surface area (TPSA) is 52.6 Å². The zero-order valence-corrected chi connectivity index (χ0v) is 12.4. The molecule has 2 N–H and O–H groups in total. The Kier molecular flexibility index (Phi) is 5.36. The van der Waals surface area contributed by atoms with E-state index in [1.807, 2.05) is 24.3 Å². The van der Waals surface area contributed by atoms with Gasteiger partial charge in [-0.1, -0.05) is 22.0 Å². The van der Waals surface area contributed by atoms with Crippen molar-refractivity contribution in [1.29, 1.82) is 0 Å². The first-order chi connectivity index (χ1) is 9.19. The fourth-order valence-corrected chi connectivity index (χ4v) is 2.48. The van der Waals surface area contributed by atoms with Crippen molar-refractivity contribution in [3.8, 4) is 0 Å². The summed E-state index contributed by atoms with van der Waals surface area (Å²) in [5.41, 5.74) is 0.805. The zero-order chi connectivity index (χ0) is 13.7. The van der Waals surface area contributed by atoms with E-state index in [1.54, 1.807) is 0 Å². The summed E-state index contributed by atoms with van der Waals surface area (Å²) < 4.78 is 0.949. The minimum atomic E-state index is 0.0155. The molecule has 0 radical (unpaired) electrons. The molecule has 5 heteroatoms. The molecule has 0 unspecified atom stereocenters. The number of anilines is 1. The van der Waals surface area contributed by atoms with Gasteiger partial charge in [0.15, 0.2) is 0 Å². The fraction of sp³-hybridized carbons (Fsp3) is 0.500. The largest absolute Gasteiger partial charge is 0.395 e. The third kappa shape index (κ3) is 4.93. The molecular formula is C14H19BrN2O2. The Morgan fingerprint density at radius 3 is 2.84 bits per heavy atom. The van der Waals surface area contributed by atoms with Gasteiger partial charge in [-0.2, -0.15) is 0 Å². The molecule has 0 aromatic heterocycles. The molecule has 1 aliphatic carbocycles. The van der Waals surface area contributed by atoms with Gasteiger partial charge in [-0.15, -0.1) is 0 Å². The molecule has 1 saturated carbocycles. The third-order valence-electron chi connectivity index (χ3n) is 3.18. The fourth-order valence-electron chi connectivity index (χ4n) is 2.08. The predicted molar refractivity (Wildman–Crippen MR) is 79.1 cm³/mol. The van der Waals surface area contributed by atoms with Gasteiger partial charge in [-0.05, 0) is 31.0 Å². The normalized spacial score (nSPS) is 14.7. The lowest BCUT2D eigenvalue weighted by Crippen LogP contribution is -2.32. The van der Waals surface area contributed by atoms with Crippen LogP contribution in [0.3, 0.4) is 0 Å². The predicted octanol–water partition coefficient (Wildman–Crippen LogP) is 2.23. The average Bonchev–Trinajstić information content (AvgIpc) is 3.18. The minimum Gasteiger partial charge on any atom is -0.395 e. The number of amides is 1. The van der Waals surface area contributed by atoms with E-state index in [-0.39, 0.29) is 12.5 Å². The first kappa shape index (κ1) is 14.5. The first-order valence-electron chi connectivity index (χ1n) is 6.59. The summed E-state index contributed by atoms with van der Waals surface area (Å²) in [6.07, 6.45) is 2.84. The van der Waals surface area contributed by atoms with E-state index in [4.69, 9.17) is 5.11 Å². The van der Waals surface area contributed by atoms with Gasteiger partial charge in [0.2, 0.25) is 5.91 Å². The number of carbonyl (C=O) groups excluding carboxylic acids is 1. The number of aliphatic hydroxyl groups is 1. The van der Waals surface area contributed by atoms with Crippen molar-refractivity contribution in [3.63, 3.8) is 0 Å². The second-order valence-electron chi connectivity index (χ2n) is 4.80. The van der Waals surface area contributed by atoms with Crippen LogP contribution in [0.25, 0.3) is 0 Å². The van der Waals surface area contributed by atoms with Crippen LogP contribution in [0.15, 0.2) is 28.7 Å². The Bertz CT molecular complexity index is 435. The van der Waals surface area contributed by atoms with Crippen molar-refractivity contribution < 1.29 is 9.90 Å². The highest BCUT2D eigenvalue weighted by atomic mass is 79.9. The van der Waals surface area contributed by atoms with Crippen molar-refractivity contribution in [2.75, 3.05) is 25.0 Å². The van der Waals surface area contributed by atoms with Crippen molar-refractivity contribution in [1.82, 2.24) is 4.90 Å². The molecule has 0 aliphatic heterocycles. The molecule has 0 heterocycles. The number of hydrogen-bond donors (Lipinski definition) is 2. The van der Waals surface area contributed by atoms with E-state index in [1.165, 1.54) is 12.8 Å². The highest BCUT2D eigenvalue weighted by molar-refractivity contribution is 9.10. The summed E-state index contributed by atoms with van der Waals surface area (Å²) in [5.74, 6) is 0.0155. The van der Waals surface area contributed by atoms with E-state index < -0.39 is 0 Å². The molecule has 2 rings (SSSR count). The monoisotopic (exact) mass is 326 g/mol. The number of rotatable bonds is 7. The second kappa shape index (κ2) is 7.03. The van der Waals surface area contributed by atoms with Gasteiger partial charge in [-0.25, -0.2) is 0 Å². The summed E-state index contributed by atoms with van der Waals surface area (Å²) in [4.78, 5) is 14.1. The lowest BCUT2D eigenvalue weighted by molar-refractivity contribution is -0.116. The van der Waals surface area contributed by atoms with Crippen LogP contribution in [0.5, 0.6) is 0 Å². The summed E-state index contributed by atoms with van der Waals surface area (Å²) >= 11 is 3.37. The van der Waals surface area contributed by atoms with Gasteiger partial charge < -0.3 is 10.4 Å². The molecular weight excluding hydrogens is 308 g/mol. The van der Waals surface area contributed by atoms with Gasteiger partial charge >= 0.3 is 0 Å². The van der Waals surface area contributed by atoms with E-state index in [2.05, 4.69) is 26.1 Å². The van der Waals surface area contributed by atoms with E-state index in [9.17, 15) is 4.79 Å². The van der Waals surface area contributed by atoms with Gasteiger partial charge in [-0.3, -0.25) is 9.69 Å². The van der Waals surface area contributed by atoms with Gasteiger partial charge in [0.1, 0.15) is 0 Å². The first-order valence-corrected chi connectivity index (χ1v) is 7.38. The smallest absolute Gasteiger partial charge is 0.225 e. The number of benzene rings is 1. The summed E-state index contributed by atoms with van der Waals surface area (Å²) in [7, 11) is 0. The summed E-state index contributed by atoms with van der Waals surface area (Å²) in [6, 6.07) is 8.14. The van der Waals surface area contributed by atoms with E-state index in [0.29, 0.717) is 25.6 Å². The Balaban J connectivity index is 1.77. The van der Waals surface area contributed by atoms with Crippen LogP contribution in [0.1, 0.15) is 19.3 Å². The molecule has 0 saturated heterocycles. The Hall–Kier alpha value is -0.910. The van der Waals surface area contributed by atoms with Crippen molar-refractivity contribution >= 4 is 27.5 Å². The molecule has 1 aliphatic rings. The van der Waals surface area contributed by atoms with Crippen LogP contribution in [0.2, 0.25) is 0 Å². The number of nitrogens with one attached hydrogen (secondary N) is 1. The highest BCUT2D eigenvalue weighted by Crippen LogP contribution is 2.26. The molecule has 19 heavy (non-hydrogen) atoms. The molecule has 104 valence electrons. The number of hydrogen-bond acceptors (Lipinski definition) is 3. The quantitative estimate of drug-likeness (QED) is 0.808. The Morgan fingerprint density at radius 2 is 2.21 bits per heavy atom. The third-order valence-corrected chi connectivity index (χ3v) is 3.68. The molecule has 1 aromatic rings. The number of carbonyl (C=O) groups is 1. The number of nitrogens with zero attached hydrogens (tertiary/aromatic N) is 1. The molecule has 0 spiro atoms. The number of halogens is 1. The molecule has 0 bridgehead atoms. The summed E-state index contributed by atoms with van der Waals surface area (Å²) in [6.45, 7) is 1.53. The molecule has 1 amide bonds. The SMILES string of the molecule is O=C(CCN(CCO)C1CC1)Nc1cccc(Br)c1. The van der Waals surface area contributed by atoms with Gasteiger partial charge in [0.25, 0.3) is 0 Å². The van der Waals surface area contributed by atoms with E-state index in [0.717, 1.165) is 10.2 Å². The van der Waals surface area contributed by atoms with Crippen molar-refractivity contribution in [3.05, 3.63) is 28.7 Å². The molecule has 1 fully saturated rings. The molecule has 0 atom stereocenters. The lowest BCUT2D eigenvalue weighted by Gasteiger charge is -2.20. The minimum absolute atomic E-state index is 0.0155. The van der Waals surface area contributed by atoms with Crippen molar-refractivity contribution in [2.24, 2.45) is 0 Å². The maximum absolute atomic E-state index is 11.9. The van der Waals surface area contributed by atoms with E-state index >= 15 is 0 Å². The lowest BCUT2D eigenvalue weighted by atomic mass is 10.3. The second-order valence-corrected chi connectivity index (χ2v) is 5.71. The Labute approximate surface area is 121 Å². The van der Waals surface area contributed by atoms with Crippen LogP contribution in [0.4, 0.5) is 5.69 Å². The van der Waals surface area contributed by atoms with Gasteiger partial charge in [0.05, 0.1) is 6.61 Å². The standard InChI is InChI=1S/C14H19BrN2O2/c15-11-2-1-3-12(10-11)16-14(19)6-7-17(8-9-18)13-4-5-13/h1-3,10,13,18H,4-9H2,(H,16,19). The van der Waals surface area contributed by atoms with Crippen LogP contribution in [0, 0.1) is 0 Å². The summed E-state index contributed by atoms with van der Waals surface area (Å²) in [5, 5.41) is 11.9. The molecule has 1 aromatic carbocycles. The maximum Gasteiger partial charge on any atom is 0.225 e. The zero-order valence-electron chi connectivity index (χ0n) is 10.8. The average molecular weight is 327 g/mol. The van der Waals surface area contributed by atoms with Crippen LogP contribution in [-0.4, -0.2) is 41.7 Å². The van der Waals surface area contributed by atoms with Crippen LogP contribution < -0.4 is 5.32 Å². The molecule has 4 nitrogen and oxygen atoms in total. The van der Waals surface area contributed by atoms with Crippen LogP contribution in [-0.2, 0) is 4.79 Å². The number of aliphatic hydroxyl groups excluding tert-OH is 1. The van der Waals surface area contributed by atoms with Gasteiger partial charge in [0, 0.05) is 35.7 Å². The maximum atomic E-state index is 11.9. The van der Waals surface area contributed by atoms with Crippen LogP contribution >= 0.6 is 15.9 Å².